The molecule has 0 saturated heterocycles. The fraction of sp³-hybridized carbons (Fsp3) is 0.125. The Labute approximate surface area is 138 Å². The van der Waals surface area contributed by atoms with Crippen molar-refractivity contribution in [2.24, 2.45) is 0 Å². The molecule has 22 heavy (non-hydrogen) atoms. The third kappa shape index (κ3) is 4.48. The Bertz CT molecular complexity index is 679. The van der Waals surface area contributed by atoms with E-state index in [0.717, 1.165) is 0 Å². The first-order chi connectivity index (χ1) is 10.5. The SMILES string of the molecule is CC(=O)Nc1ccc(OC(=O)Cc2c(Cl)cccc2Cl)cc1. The molecule has 2 aromatic carbocycles. The van der Waals surface area contributed by atoms with E-state index in [2.05, 4.69) is 5.32 Å². The zero-order chi connectivity index (χ0) is 16.1. The Hall–Kier alpha value is -2.04. The van der Waals surface area contributed by atoms with E-state index < -0.39 is 5.97 Å². The van der Waals surface area contributed by atoms with Crippen molar-refractivity contribution in [1.29, 1.82) is 0 Å². The van der Waals surface area contributed by atoms with Gasteiger partial charge in [0, 0.05) is 28.2 Å². The lowest BCUT2D eigenvalue weighted by Gasteiger charge is -2.08. The predicted octanol–water partition coefficient (Wildman–Crippen LogP) is 4.10. The second-order valence-corrected chi connectivity index (χ2v) is 5.37. The van der Waals surface area contributed by atoms with Crippen molar-refractivity contribution < 1.29 is 14.3 Å². The van der Waals surface area contributed by atoms with Gasteiger partial charge in [-0.15, -0.1) is 0 Å². The molecule has 1 N–H and O–H groups in total. The summed E-state index contributed by atoms with van der Waals surface area (Å²) in [6.45, 7) is 1.42. The molecule has 114 valence electrons. The van der Waals surface area contributed by atoms with Crippen LogP contribution in [0.3, 0.4) is 0 Å². The molecule has 0 saturated carbocycles. The molecule has 0 aromatic heterocycles. The number of carbonyl (C=O) groups excluding carboxylic acids is 2. The van der Waals surface area contributed by atoms with Crippen molar-refractivity contribution in [2.75, 3.05) is 5.32 Å². The number of benzene rings is 2. The van der Waals surface area contributed by atoms with Crippen LogP contribution in [0.1, 0.15) is 12.5 Å². The average Bonchev–Trinajstić information content (AvgIpc) is 2.45. The molecule has 0 aliphatic heterocycles. The maximum atomic E-state index is 11.9. The summed E-state index contributed by atoms with van der Waals surface area (Å²) < 4.78 is 5.22. The highest BCUT2D eigenvalue weighted by Crippen LogP contribution is 2.25. The number of ether oxygens (including phenoxy) is 1. The van der Waals surface area contributed by atoms with E-state index in [1.807, 2.05) is 0 Å². The van der Waals surface area contributed by atoms with Crippen molar-refractivity contribution in [3.05, 3.63) is 58.1 Å². The van der Waals surface area contributed by atoms with Gasteiger partial charge in [0.1, 0.15) is 5.75 Å². The number of esters is 1. The van der Waals surface area contributed by atoms with E-state index >= 15 is 0 Å². The van der Waals surface area contributed by atoms with Gasteiger partial charge in [0.05, 0.1) is 6.42 Å². The number of halogens is 2. The molecular weight excluding hydrogens is 325 g/mol. The minimum atomic E-state index is -0.470. The fourth-order valence-corrected chi connectivity index (χ4v) is 2.35. The van der Waals surface area contributed by atoms with Gasteiger partial charge in [-0.25, -0.2) is 0 Å². The van der Waals surface area contributed by atoms with E-state index in [9.17, 15) is 9.59 Å². The normalized spacial score (nSPS) is 10.1. The van der Waals surface area contributed by atoms with Crippen molar-refractivity contribution in [1.82, 2.24) is 0 Å². The first-order valence-corrected chi connectivity index (χ1v) is 7.22. The number of carbonyl (C=O) groups is 2. The third-order valence-corrected chi connectivity index (χ3v) is 3.50. The van der Waals surface area contributed by atoms with Crippen LogP contribution in [0, 0.1) is 0 Å². The fourth-order valence-electron chi connectivity index (χ4n) is 1.82. The van der Waals surface area contributed by atoms with Crippen LogP contribution in [0.15, 0.2) is 42.5 Å². The van der Waals surface area contributed by atoms with Gasteiger partial charge >= 0.3 is 5.97 Å². The first-order valence-electron chi connectivity index (χ1n) is 6.47. The van der Waals surface area contributed by atoms with Crippen molar-refractivity contribution in [3.63, 3.8) is 0 Å². The van der Waals surface area contributed by atoms with Gasteiger partial charge in [0.15, 0.2) is 0 Å². The largest absolute Gasteiger partial charge is 0.426 e. The molecule has 0 unspecified atom stereocenters. The maximum Gasteiger partial charge on any atom is 0.315 e. The van der Waals surface area contributed by atoms with Crippen LogP contribution in [0.25, 0.3) is 0 Å². The topological polar surface area (TPSA) is 55.4 Å². The van der Waals surface area contributed by atoms with Crippen molar-refractivity contribution >= 4 is 40.8 Å². The smallest absolute Gasteiger partial charge is 0.315 e. The quantitative estimate of drug-likeness (QED) is 0.674. The molecule has 2 aromatic rings. The van der Waals surface area contributed by atoms with E-state index in [1.165, 1.54) is 6.92 Å². The molecule has 1 amide bonds. The van der Waals surface area contributed by atoms with E-state index in [-0.39, 0.29) is 12.3 Å². The van der Waals surface area contributed by atoms with Gasteiger partial charge in [-0.2, -0.15) is 0 Å². The third-order valence-electron chi connectivity index (χ3n) is 2.79. The summed E-state index contributed by atoms with van der Waals surface area (Å²) >= 11 is 12.0. The molecule has 2 rings (SSSR count). The van der Waals surface area contributed by atoms with Crippen LogP contribution in [0.5, 0.6) is 5.75 Å². The maximum absolute atomic E-state index is 11.9. The number of rotatable bonds is 4. The van der Waals surface area contributed by atoms with Crippen LogP contribution >= 0.6 is 23.2 Å². The van der Waals surface area contributed by atoms with Crippen LogP contribution < -0.4 is 10.1 Å². The van der Waals surface area contributed by atoms with Gasteiger partial charge in [0.2, 0.25) is 5.91 Å². The van der Waals surface area contributed by atoms with E-state index in [0.29, 0.717) is 27.0 Å². The lowest BCUT2D eigenvalue weighted by Crippen LogP contribution is -2.12. The molecule has 0 radical (unpaired) electrons. The Morgan fingerprint density at radius 3 is 2.18 bits per heavy atom. The number of anilines is 1. The zero-order valence-corrected chi connectivity index (χ0v) is 13.2. The molecule has 0 aliphatic rings. The summed E-state index contributed by atoms with van der Waals surface area (Å²) in [5.74, 6) is -0.261. The molecule has 0 heterocycles. The lowest BCUT2D eigenvalue weighted by atomic mass is 10.1. The Kier molecular flexibility index (Phi) is 5.41. The van der Waals surface area contributed by atoms with E-state index in [1.54, 1.807) is 42.5 Å². The number of hydrogen-bond acceptors (Lipinski definition) is 3. The average molecular weight is 338 g/mol. The van der Waals surface area contributed by atoms with Crippen LogP contribution in [-0.4, -0.2) is 11.9 Å². The molecule has 0 fully saturated rings. The Morgan fingerprint density at radius 2 is 1.64 bits per heavy atom. The van der Waals surface area contributed by atoms with Gasteiger partial charge in [0.25, 0.3) is 0 Å². The number of amides is 1. The van der Waals surface area contributed by atoms with Gasteiger partial charge < -0.3 is 10.1 Å². The predicted molar refractivity (Wildman–Crippen MR) is 86.5 cm³/mol. The zero-order valence-electron chi connectivity index (χ0n) is 11.7. The number of hydrogen-bond donors (Lipinski definition) is 1. The molecule has 0 aliphatic carbocycles. The van der Waals surface area contributed by atoms with Gasteiger partial charge in [-0.05, 0) is 36.4 Å². The second-order valence-electron chi connectivity index (χ2n) is 4.56. The molecule has 6 heteroatoms. The standard InChI is InChI=1S/C16H13Cl2NO3/c1-10(20)19-11-5-7-12(8-6-11)22-16(21)9-13-14(17)3-2-4-15(13)18/h2-8H,9H2,1H3,(H,19,20). The van der Waals surface area contributed by atoms with Crippen LogP contribution in [0.4, 0.5) is 5.69 Å². The highest BCUT2D eigenvalue weighted by molar-refractivity contribution is 6.36. The summed E-state index contributed by atoms with van der Waals surface area (Å²) in [7, 11) is 0. The van der Waals surface area contributed by atoms with E-state index in [4.69, 9.17) is 27.9 Å². The summed E-state index contributed by atoms with van der Waals surface area (Å²) in [5.41, 5.74) is 1.16. The lowest BCUT2D eigenvalue weighted by molar-refractivity contribution is -0.133. The highest BCUT2D eigenvalue weighted by Gasteiger charge is 2.12. The minimum absolute atomic E-state index is 0.0219. The summed E-state index contributed by atoms with van der Waals surface area (Å²) in [5, 5.41) is 3.47. The molecule has 4 nitrogen and oxygen atoms in total. The Balaban J connectivity index is 2.01. The summed E-state index contributed by atoms with van der Waals surface area (Å²) in [6, 6.07) is 11.5. The van der Waals surface area contributed by atoms with Crippen molar-refractivity contribution in [2.45, 2.75) is 13.3 Å². The van der Waals surface area contributed by atoms with Crippen molar-refractivity contribution in [3.8, 4) is 5.75 Å². The van der Waals surface area contributed by atoms with Crippen LogP contribution in [0.2, 0.25) is 10.0 Å². The van der Waals surface area contributed by atoms with Gasteiger partial charge in [-0.1, -0.05) is 29.3 Å². The molecule has 0 bridgehead atoms. The monoisotopic (exact) mass is 337 g/mol. The molecule has 0 atom stereocenters. The number of nitrogens with one attached hydrogen (secondary N) is 1. The summed E-state index contributed by atoms with van der Waals surface area (Å²) in [4.78, 5) is 22.9. The molecule has 0 spiro atoms. The first kappa shape index (κ1) is 16.3. The van der Waals surface area contributed by atoms with Gasteiger partial charge in [-0.3, -0.25) is 9.59 Å². The van der Waals surface area contributed by atoms with Crippen LogP contribution in [-0.2, 0) is 16.0 Å². The minimum Gasteiger partial charge on any atom is -0.426 e. The summed E-state index contributed by atoms with van der Waals surface area (Å²) in [6.07, 6.45) is -0.0219. The Morgan fingerprint density at radius 1 is 1.05 bits per heavy atom. The second kappa shape index (κ2) is 7.29. The highest BCUT2D eigenvalue weighted by atomic mass is 35.5. The molecular formula is C16H13Cl2NO3.